The summed E-state index contributed by atoms with van der Waals surface area (Å²) in [5.41, 5.74) is 0.714. The number of halogens is 1. The van der Waals surface area contributed by atoms with Gasteiger partial charge >= 0.3 is 0 Å². The quantitative estimate of drug-likeness (QED) is 0.347. The Hall–Kier alpha value is -3.30. The maximum atomic E-state index is 13.5. The van der Waals surface area contributed by atoms with Crippen LogP contribution in [-0.4, -0.2) is 76.0 Å². The van der Waals surface area contributed by atoms with Gasteiger partial charge in [-0.1, -0.05) is 0 Å². The molecule has 0 aliphatic carbocycles. The first-order valence-electron chi connectivity index (χ1n) is 11.2. The molecule has 0 aromatic heterocycles. The molecule has 0 spiro atoms. The second kappa shape index (κ2) is 10.3. The van der Waals surface area contributed by atoms with Crippen molar-refractivity contribution >= 4 is 17.5 Å². The SMILES string of the molecule is COc1ccc(C2C(C(=O)c3ccc(F)cc3)C(=O)C(=O)N2CC[NH+]2CCOCC2)c(OC)c1. The molecule has 2 saturated heterocycles. The molecule has 0 radical (unpaired) electrons. The van der Waals surface area contributed by atoms with E-state index < -0.39 is 35.3 Å². The minimum absolute atomic E-state index is 0.172. The summed E-state index contributed by atoms with van der Waals surface area (Å²) in [6.07, 6.45) is 0. The van der Waals surface area contributed by atoms with E-state index in [0.29, 0.717) is 43.4 Å². The van der Waals surface area contributed by atoms with Crippen LogP contribution in [-0.2, 0) is 14.3 Å². The van der Waals surface area contributed by atoms with Crippen LogP contribution in [0.2, 0.25) is 0 Å². The van der Waals surface area contributed by atoms with Gasteiger partial charge in [-0.3, -0.25) is 14.4 Å². The molecule has 2 aromatic carbocycles. The summed E-state index contributed by atoms with van der Waals surface area (Å²) in [6.45, 7) is 3.82. The highest BCUT2D eigenvalue weighted by Gasteiger charge is 2.52. The zero-order chi connectivity index (χ0) is 24.2. The molecule has 1 N–H and O–H groups in total. The number of Topliss-reactive ketones (excluding diaryl/α,β-unsaturated/α-hetero) is 2. The maximum absolute atomic E-state index is 13.5. The van der Waals surface area contributed by atoms with Crippen LogP contribution in [0.15, 0.2) is 42.5 Å². The lowest BCUT2D eigenvalue weighted by Crippen LogP contribution is -3.14. The molecule has 2 fully saturated rings. The standard InChI is InChI=1S/C25H27FN2O6/c1-32-18-7-8-19(20(15-18)33-2)22-21(23(29)16-3-5-17(26)6-4-16)24(30)25(31)28(22)10-9-27-11-13-34-14-12-27/h3-8,15,21-22H,9-14H2,1-2H3/p+1. The average Bonchev–Trinajstić information content (AvgIpc) is 3.12. The number of hydrogen-bond acceptors (Lipinski definition) is 6. The van der Waals surface area contributed by atoms with E-state index >= 15 is 0 Å². The number of benzene rings is 2. The van der Waals surface area contributed by atoms with Gasteiger partial charge in [0.1, 0.15) is 36.3 Å². The third kappa shape index (κ3) is 4.67. The van der Waals surface area contributed by atoms with Crippen molar-refractivity contribution in [3.05, 3.63) is 59.4 Å². The number of morpholine rings is 1. The van der Waals surface area contributed by atoms with Crippen molar-refractivity contribution in [2.45, 2.75) is 6.04 Å². The van der Waals surface area contributed by atoms with Crippen LogP contribution >= 0.6 is 0 Å². The van der Waals surface area contributed by atoms with E-state index in [1.54, 1.807) is 18.2 Å². The zero-order valence-electron chi connectivity index (χ0n) is 19.2. The first-order valence-corrected chi connectivity index (χ1v) is 11.2. The van der Waals surface area contributed by atoms with E-state index in [1.807, 2.05) is 0 Å². The molecule has 2 heterocycles. The summed E-state index contributed by atoms with van der Waals surface area (Å²) in [6, 6.07) is 9.22. The van der Waals surface area contributed by atoms with Crippen molar-refractivity contribution in [1.82, 2.24) is 4.90 Å². The first kappa shape index (κ1) is 23.8. The second-order valence-corrected chi connectivity index (χ2v) is 8.38. The average molecular weight is 472 g/mol. The number of rotatable bonds is 8. The van der Waals surface area contributed by atoms with Gasteiger partial charge in [0.15, 0.2) is 5.78 Å². The molecule has 2 atom stereocenters. The van der Waals surface area contributed by atoms with Gasteiger partial charge in [0.25, 0.3) is 5.91 Å². The van der Waals surface area contributed by atoms with Crippen LogP contribution in [0.1, 0.15) is 22.0 Å². The summed E-state index contributed by atoms with van der Waals surface area (Å²) in [5, 5.41) is 0. The minimum atomic E-state index is -1.26. The van der Waals surface area contributed by atoms with Crippen molar-refractivity contribution in [1.29, 1.82) is 0 Å². The fourth-order valence-electron chi connectivity index (χ4n) is 4.62. The summed E-state index contributed by atoms with van der Waals surface area (Å²) >= 11 is 0. The monoisotopic (exact) mass is 471 g/mol. The van der Waals surface area contributed by atoms with Crippen molar-refractivity contribution in [3.8, 4) is 11.5 Å². The fraction of sp³-hybridized carbons (Fsp3) is 0.400. The number of amides is 1. The van der Waals surface area contributed by atoms with Crippen LogP contribution in [0.4, 0.5) is 4.39 Å². The summed E-state index contributed by atoms with van der Waals surface area (Å²) < 4.78 is 29.7. The van der Waals surface area contributed by atoms with Crippen LogP contribution in [0.5, 0.6) is 11.5 Å². The van der Waals surface area contributed by atoms with Gasteiger partial charge in [0, 0.05) is 17.2 Å². The van der Waals surface area contributed by atoms with Gasteiger partial charge in [-0.05, 0) is 36.4 Å². The molecule has 9 heteroatoms. The van der Waals surface area contributed by atoms with Gasteiger partial charge in [-0.15, -0.1) is 0 Å². The number of nitrogens with zero attached hydrogens (tertiary/aromatic N) is 1. The number of likely N-dealkylation sites (tertiary alicyclic amines) is 1. The highest BCUT2D eigenvalue weighted by atomic mass is 19.1. The molecule has 0 bridgehead atoms. The summed E-state index contributed by atoms with van der Waals surface area (Å²) in [4.78, 5) is 42.5. The minimum Gasteiger partial charge on any atom is -0.497 e. The molecule has 0 saturated carbocycles. The van der Waals surface area contributed by atoms with E-state index in [9.17, 15) is 18.8 Å². The Morgan fingerprint density at radius 2 is 1.79 bits per heavy atom. The smallest absolute Gasteiger partial charge is 0.291 e. The predicted molar refractivity (Wildman–Crippen MR) is 120 cm³/mol. The van der Waals surface area contributed by atoms with Crippen LogP contribution in [0.25, 0.3) is 0 Å². The van der Waals surface area contributed by atoms with Crippen LogP contribution in [0, 0.1) is 11.7 Å². The molecular formula is C25H28FN2O6+. The third-order valence-corrected chi connectivity index (χ3v) is 6.48. The van der Waals surface area contributed by atoms with E-state index in [2.05, 4.69) is 0 Å². The lowest BCUT2D eigenvalue weighted by Gasteiger charge is -2.30. The molecule has 180 valence electrons. The Balaban J connectivity index is 1.73. The Labute approximate surface area is 197 Å². The number of nitrogens with one attached hydrogen (secondary N) is 1. The lowest BCUT2D eigenvalue weighted by molar-refractivity contribution is -0.907. The zero-order valence-corrected chi connectivity index (χ0v) is 19.2. The molecular weight excluding hydrogens is 443 g/mol. The van der Waals surface area contributed by atoms with Gasteiger partial charge in [-0.25, -0.2) is 4.39 Å². The Morgan fingerprint density at radius 1 is 1.09 bits per heavy atom. The van der Waals surface area contributed by atoms with Gasteiger partial charge in [0.2, 0.25) is 5.78 Å². The Kier molecular flexibility index (Phi) is 7.23. The van der Waals surface area contributed by atoms with Crippen molar-refractivity contribution < 1.29 is 37.9 Å². The third-order valence-electron chi connectivity index (χ3n) is 6.48. The number of carbonyl (C=O) groups excluding carboxylic acids is 3. The van der Waals surface area contributed by atoms with E-state index in [1.165, 1.54) is 36.2 Å². The summed E-state index contributed by atoms with van der Waals surface area (Å²) in [5.74, 6) is -2.80. The predicted octanol–water partition coefficient (Wildman–Crippen LogP) is 0.710. The number of ketones is 2. The normalized spacial score (nSPS) is 21.1. The number of ether oxygens (including phenoxy) is 3. The van der Waals surface area contributed by atoms with Gasteiger partial charge < -0.3 is 24.0 Å². The van der Waals surface area contributed by atoms with Gasteiger partial charge in [-0.2, -0.15) is 0 Å². The number of quaternary nitrogens is 1. The Morgan fingerprint density at radius 3 is 2.44 bits per heavy atom. The van der Waals surface area contributed by atoms with Crippen LogP contribution in [0.3, 0.4) is 0 Å². The molecule has 2 unspecified atom stereocenters. The van der Waals surface area contributed by atoms with E-state index in [-0.39, 0.29) is 5.56 Å². The molecule has 1 amide bonds. The molecule has 8 nitrogen and oxygen atoms in total. The number of methoxy groups -OCH3 is 2. The van der Waals surface area contributed by atoms with Crippen molar-refractivity contribution in [2.24, 2.45) is 5.92 Å². The van der Waals surface area contributed by atoms with Crippen molar-refractivity contribution in [3.63, 3.8) is 0 Å². The molecule has 2 aromatic rings. The largest absolute Gasteiger partial charge is 0.497 e. The maximum Gasteiger partial charge on any atom is 0.291 e. The highest BCUT2D eigenvalue weighted by molar-refractivity contribution is 6.44. The molecule has 4 rings (SSSR count). The first-order chi connectivity index (χ1) is 16.4. The fourth-order valence-corrected chi connectivity index (χ4v) is 4.62. The van der Waals surface area contributed by atoms with Crippen molar-refractivity contribution in [2.75, 3.05) is 53.6 Å². The van der Waals surface area contributed by atoms with Crippen LogP contribution < -0.4 is 14.4 Å². The van der Waals surface area contributed by atoms with E-state index in [0.717, 1.165) is 25.2 Å². The Bertz CT molecular complexity index is 1070. The molecule has 2 aliphatic heterocycles. The van der Waals surface area contributed by atoms with Gasteiger partial charge in [0.05, 0.1) is 46.6 Å². The summed E-state index contributed by atoms with van der Waals surface area (Å²) in [7, 11) is 3.01. The topological polar surface area (TPSA) is 86.6 Å². The number of hydrogen-bond donors (Lipinski definition) is 1. The van der Waals surface area contributed by atoms with E-state index in [4.69, 9.17) is 14.2 Å². The number of carbonyl (C=O) groups is 3. The lowest BCUT2D eigenvalue weighted by atomic mass is 9.86. The molecule has 2 aliphatic rings. The molecule has 34 heavy (non-hydrogen) atoms. The highest BCUT2D eigenvalue weighted by Crippen LogP contribution is 2.42. The second-order valence-electron chi connectivity index (χ2n) is 8.38.